The molecule has 0 aromatic heterocycles. The number of carbonyl (C=O) groups is 2. The molecule has 4 bridgehead atoms. The minimum Gasteiger partial charge on any atom is -0.744 e. The zero-order chi connectivity index (χ0) is 32.4. The fourth-order valence-corrected chi connectivity index (χ4v) is 11.1. The molecule has 4 aromatic rings. The van der Waals surface area contributed by atoms with Crippen LogP contribution in [-0.2, 0) is 43.5 Å². The maximum Gasteiger partial charge on any atom is 0.318 e. The van der Waals surface area contributed by atoms with Crippen LogP contribution < -0.4 is 4.74 Å². The second-order valence-corrected chi connectivity index (χ2v) is 15.7. The van der Waals surface area contributed by atoms with Crippen molar-refractivity contribution in [3.8, 4) is 5.75 Å². The molecular formula is C34H25O11S2-. The smallest absolute Gasteiger partial charge is 0.318 e. The topological polar surface area (TPSA) is 162 Å². The van der Waals surface area contributed by atoms with Gasteiger partial charge in [-0.2, -0.15) is 8.42 Å². The molecule has 10 rings (SSSR count). The van der Waals surface area contributed by atoms with Crippen molar-refractivity contribution >= 4 is 42.9 Å². The fourth-order valence-electron chi connectivity index (χ4n) is 8.55. The van der Waals surface area contributed by atoms with Gasteiger partial charge < -0.3 is 18.8 Å². The first-order valence-electron chi connectivity index (χ1n) is 15.2. The number of hydrogen-bond donors (Lipinski definition) is 0. The number of benzene rings is 4. The van der Waals surface area contributed by atoms with E-state index in [4.69, 9.17) is 18.4 Å². The van der Waals surface area contributed by atoms with Crippen molar-refractivity contribution in [3.05, 3.63) is 107 Å². The summed E-state index contributed by atoms with van der Waals surface area (Å²) in [6.45, 7) is 0. The Balaban J connectivity index is 1.03. The summed E-state index contributed by atoms with van der Waals surface area (Å²) >= 11 is 0. The highest BCUT2D eigenvalue weighted by Gasteiger charge is 2.74. The van der Waals surface area contributed by atoms with Crippen LogP contribution in [0, 0.1) is 11.8 Å². The Bertz CT molecular complexity index is 2200. The van der Waals surface area contributed by atoms with Crippen LogP contribution in [0.4, 0.5) is 0 Å². The second-order valence-electron chi connectivity index (χ2n) is 12.6. The van der Waals surface area contributed by atoms with Crippen LogP contribution in [0.1, 0.15) is 40.5 Å². The van der Waals surface area contributed by atoms with Crippen molar-refractivity contribution in [2.24, 2.45) is 11.8 Å². The standard InChI is InChI=1S/C34H26O11S2/c35-33(23-15-22-16-7-1-5-11-20(16)26(23)21-12-6-2-8-17(21)22)44-29-28-27(32-31(43-28)30(29)45-47(32,40)41)34(36)42-24-13-14-25(46(37,38)39)19-10-4-3-9-18(19)24/h1-14,22-23,26-32H,15H2,(H,37,38,39)/p-1. The quantitative estimate of drug-likeness (QED) is 0.132. The largest absolute Gasteiger partial charge is 0.744 e. The number of hydrogen-bond acceptors (Lipinski definition) is 11. The number of fused-ring (bicyclic) bond motifs is 3. The van der Waals surface area contributed by atoms with Crippen molar-refractivity contribution in [3.63, 3.8) is 0 Å². The van der Waals surface area contributed by atoms with Gasteiger partial charge in [0.2, 0.25) is 0 Å². The summed E-state index contributed by atoms with van der Waals surface area (Å²) in [5, 5.41) is -1.16. The first-order valence-corrected chi connectivity index (χ1v) is 18.1. The van der Waals surface area contributed by atoms with Crippen molar-refractivity contribution in [1.29, 1.82) is 0 Å². The minimum atomic E-state index is -4.84. The Kier molecular flexibility index (Phi) is 6.14. The molecule has 7 atom stereocenters. The Hall–Kier alpha value is -4.14. The molecule has 4 aromatic carbocycles. The van der Waals surface area contributed by atoms with E-state index in [1.165, 1.54) is 35.4 Å². The highest BCUT2D eigenvalue weighted by atomic mass is 32.2. The Morgan fingerprint density at radius 1 is 0.766 bits per heavy atom. The van der Waals surface area contributed by atoms with E-state index in [1.807, 2.05) is 36.4 Å². The highest BCUT2D eigenvalue weighted by Crippen LogP contribution is 2.57. The van der Waals surface area contributed by atoms with Gasteiger partial charge in [-0.25, -0.2) is 8.42 Å². The van der Waals surface area contributed by atoms with Gasteiger partial charge in [0.1, 0.15) is 45.3 Å². The van der Waals surface area contributed by atoms with Gasteiger partial charge in [-0.15, -0.1) is 0 Å². The van der Waals surface area contributed by atoms with Gasteiger partial charge in [-0.3, -0.25) is 13.8 Å². The fraction of sp³-hybridized carbons (Fsp3) is 0.294. The van der Waals surface area contributed by atoms with E-state index in [2.05, 4.69) is 12.1 Å². The molecule has 3 heterocycles. The normalized spacial score (nSPS) is 32.1. The average Bonchev–Trinajstić information content (AvgIpc) is 3.67. The maximum atomic E-state index is 14.0. The molecule has 11 nitrogen and oxygen atoms in total. The summed E-state index contributed by atoms with van der Waals surface area (Å²) < 4.78 is 85.0. The third-order valence-electron chi connectivity index (χ3n) is 10.4. The SMILES string of the molecule is O=C(OC1C2OS(=O)(=O)C3C2OC1C3C(=O)Oc1ccc(S(=O)(=O)[O-])c2ccccc12)C1CC2c3ccccc3C1c1ccccc12. The molecule has 3 aliphatic heterocycles. The van der Waals surface area contributed by atoms with Crippen molar-refractivity contribution < 1.29 is 49.4 Å². The zero-order valence-electron chi connectivity index (χ0n) is 24.3. The first-order chi connectivity index (χ1) is 22.5. The molecule has 3 saturated heterocycles. The molecular weight excluding hydrogens is 648 g/mol. The lowest BCUT2D eigenvalue weighted by Crippen LogP contribution is -2.51. The molecule has 0 spiro atoms. The van der Waals surface area contributed by atoms with E-state index in [0.29, 0.717) is 6.42 Å². The van der Waals surface area contributed by atoms with Gasteiger partial charge >= 0.3 is 11.9 Å². The molecule has 13 heteroatoms. The summed E-state index contributed by atoms with van der Waals surface area (Å²) in [6, 6.07) is 24.3. The van der Waals surface area contributed by atoms with Crippen LogP contribution in [0.15, 0.2) is 89.8 Å². The summed E-state index contributed by atoms with van der Waals surface area (Å²) in [6.07, 6.45) is -3.98. The number of esters is 2. The van der Waals surface area contributed by atoms with Gasteiger partial charge in [0.05, 0.1) is 10.8 Å². The summed E-state index contributed by atoms with van der Waals surface area (Å²) in [7, 11) is -9.15. The lowest BCUT2D eigenvalue weighted by Gasteiger charge is -2.44. The first kappa shape index (κ1) is 29.0. The monoisotopic (exact) mass is 673 g/mol. The van der Waals surface area contributed by atoms with Gasteiger partial charge in [-0.05, 0) is 40.8 Å². The second kappa shape index (κ2) is 9.94. The van der Waals surface area contributed by atoms with E-state index in [1.54, 1.807) is 6.07 Å². The third-order valence-corrected chi connectivity index (χ3v) is 13.0. The van der Waals surface area contributed by atoms with Gasteiger partial charge in [0, 0.05) is 22.6 Å². The molecule has 47 heavy (non-hydrogen) atoms. The molecule has 6 aliphatic rings. The van der Waals surface area contributed by atoms with Crippen LogP contribution in [0.3, 0.4) is 0 Å². The van der Waals surface area contributed by atoms with Gasteiger partial charge in [-0.1, -0.05) is 72.8 Å². The lowest BCUT2D eigenvalue weighted by atomic mass is 9.59. The maximum absolute atomic E-state index is 14.0. The van der Waals surface area contributed by atoms with Gasteiger partial charge in [0.25, 0.3) is 10.1 Å². The Morgan fingerprint density at radius 2 is 1.38 bits per heavy atom. The predicted molar refractivity (Wildman–Crippen MR) is 162 cm³/mol. The van der Waals surface area contributed by atoms with Crippen LogP contribution in [0.2, 0.25) is 0 Å². The van der Waals surface area contributed by atoms with Crippen LogP contribution in [0.5, 0.6) is 5.75 Å². The number of rotatable bonds is 5. The number of ether oxygens (including phenoxy) is 3. The van der Waals surface area contributed by atoms with Gasteiger partial charge in [0.15, 0.2) is 6.10 Å². The molecule has 3 fully saturated rings. The van der Waals surface area contributed by atoms with Crippen molar-refractivity contribution in [2.75, 3.05) is 0 Å². The van der Waals surface area contributed by atoms with E-state index in [-0.39, 0.29) is 28.4 Å². The zero-order valence-corrected chi connectivity index (χ0v) is 25.9. The molecule has 0 saturated carbocycles. The van der Waals surface area contributed by atoms with E-state index < -0.39 is 78.6 Å². The van der Waals surface area contributed by atoms with E-state index in [9.17, 15) is 31.0 Å². The third kappa shape index (κ3) is 4.13. The molecule has 0 radical (unpaired) electrons. The van der Waals surface area contributed by atoms with Crippen molar-refractivity contribution in [1.82, 2.24) is 0 Å². The highest BCUT2D eigenvalue weighted by molar-refractivity contribution is 7.87. The van der Waals surface area contributed by atoms with Crippen LogP contribution in [-0.4, -0.2) is 63.0 Å². The molecule has 0 N–H and O–H groups in total. The molecule has 0 amide bonds. The van der Waals surface area contributed by atoms with Crippen LogP contribution >= 0.6 is 0 Å². The molecule has 7 unspecified atom stereocenters. The predicted octanol–water partition coefficient (Wildman–Crippen LogP) is 3.35. The number of carbonyl (C=O) groups excluding carboxylic acids is 2. The minimum absolute atomic E-state index is 0.00532. The average molecular weight is 674 g/mol. The van der Waals surface area contributed by atoms with E-state index in [0.717, 1.165) is 17.2 Å². The summed E-state index contributed by atoms with van der Waals surface area (Å²) in [5.41, 5.74) is 4.45. The Labute approximate surface area is 269 Å². The van der Waals surface area contributed by atoms with Crippen LogP contribution in [0.25, 0.3) is 10.8 Å². The van der Waals surface area contributed by atoms with Crippen molar-refractivity contribution in [2.45, 2.75) is 52.8 Å². The molecule has 3 aliphatic carbocycles. The Morgan fingerprint density at radius 3 is 2.04 bits per heavy atom. The summed E-state index contributed by atoms with van der Waals surface area (Å²) in [4.78, 5) is 27.3. The lowest BCUT2D eigenvalue weighted by molar-refractivity contribution is -0.165. The molecule has 240 valence electrons. The summed E-state index contributed by atoms with van der Waals surface area (Å²) in [5.74, 6) is -3.78. The van der Waals surface area contributed by atoms with E-state index >= 15 is 0 Å².